The van der Waals surface area contributed by atoms with Crippen LogP contribution in [0.5, 0.6) is 0 Å². The summed E-state index contributed by atoms with van der Waals surface area (Å²) in [4.78, 5) is 11.7. The van der Waals surface area contributed by atoms with Crippen molar-refractivity contribution in [3.8, 4) is 0 Å². The molecule has 0 aromatic heterocycles. The molecular formula is C13H16ClNO3S. The van der Waals surface area contributed by atoms with Gasteiger partial charge >= 0.3 is 5.97 Å². The van der Waals surface area contributed by atoms with Crippen molar-refractivity contribution in [2.45, 2.75) is 24.7 Å². The highest BCUT2D eigenvalue weighted by Crippen LogP contribution is 2.26. The zero-order chi connectivity index (χ0) is 14.0. The fourth-order valence-electron chi connectivity index (χ4n) is 2.21. The molecule has 1 aromatic rings. The molecule has 1 heterocycles. The molecule has 2 rings (SSSR count). The average Bonchev–Trinajstić information content (AvgIpc) is 2.41. The van der Waals surface area contributed by atoms with Crippen LogP contribution in [0.2, 0.25) is 5.02 Å². The van der Waals surface area contributed by atoms with E-state index in [0.29, 0.717) is 29.4 Å². The van der Waals surface area contributed by atoms with Crippen molar-refractivity contribution in [2.75, 3.05) is 13.1 Å². The molecular weight excluding hydrogens is 286 g/mol. The van der Waals surface area contributed by atoms with Crippen LogP contribution in [0.3, 0.4) is 0 Å². The van der Waals surface area contributed by atoms with Crippen LogP contribution in [0.25, 0.3) is 0 Å². The summed E-state index contributed by atoms with van der Waals surface area (Å²) in [6.07, 6.45) is 1.40. The zero-order valence-electron chi connectivity index (χ0n) is 10.6. The van der Waals surface area contributed by atoms with E-state index in [0.717, 1.165) is 12.0 Å². The Kier molecular flexibility index (Phi) is 4.60. The number of halogens is 1. The van der Waals surface area contributed by atoms with Crippen LogP contribution in [0.1, 0.15) is 18.4 Å². The van der Waals surface area contributed by atoms with Gasteiger partial charge in [0.2, 0.25) is 0 Å². The van der Waals surface area contributed by atoms with Crippen molar-refractivity contribution in [2.24, 2.45) is 5.92 Å². The van der Waals surface area contributed by atoms with Gasteiger partial charge in [-0.2, -0.15) is 0 Å². The summed E-state index contributed by atoms with van der Waals surface area (Å²) >= 11 is 6.03. The van der Waals surface area contributed by atoms with Gasteiger partial charge < -0.3 is 5.11 Å². The van der Waals surface area contributed by atoms with Crippen molar-refractivity contribution in [3.05, 3.63) is 28.8 Å². The van der Waals surface area contributed by atoms with Crippen molar-refractivity contribution >= 4 is 28.6 Å². The van der Waals surface area contributed by atoms with Crippen LogP contribution in [0, 0.1) is 12.8 Å². The Labute approximate surface area is 120 Å². The maximum atomic E-state index is 12.5. The highest BCUT2D eigenvalue weighted by Gasteiger charge is 2.29. The monoisotopic (exact) mass is 301 g/mol. The third-order valence-electron chi connectivity index (χ3n) is 3.37. The molecule has 0 spiro atoms. The number of carbonyl (C=O) groups is 1. The molecule has 1 aromatic carbocycles. The summed E-state index contributed by atoms with van der Waals surface area (Å²) in [5.74, 6) is -1.25. The first-order valence-electron chi connectivity index (χ1n) is 6.15. The SMILES string of the molecule is Cc1c(Cl)cccc1S(=O)N1CCCC(C(=O)O)C1. The lowest BCUT2D eigenvalue weighted by molar-refractivity contribution is -0.142. The lowest BCUT2D eigenvalue weighted by atomic mass is 10.0. The predicted molar refractivity (Wildman–Crippen MR) is 74.5 cm³/mol. The Morgan fingerprint density at radius 3 is 2.95 bits per heavy atom. The van der Waals surface area contributed by atoms with Gasteiger partial charge in [-0.05, 0) is 37.5 Å². The lowest BCUT2D eigenvalue weighted by Gasteiger charge is -2.29. The molecule has 4 nitrogen and oxygen atoms in total. The third-order valence-corrected chi connectivity index (χ3v) is 5.40. The van der Waals surface area contributed by atoms with E-state index in [1.54, 1.807) is 22.5 Å². The molecule has 0 bridgehead atoms. The van der Waals surface area contributed by atoms with Crippen LogP contribution in [-0.2, 0) is 15.8 Å². The number of benzene rings is 1. The van der Waals surface area contributed by atoms with E-state index in [2.05, 4.69) is 0 Å². The number of piperidine rings is 1. The van der Waals surface area contributed by atoms with Gasteiger partial charge in [-0.3, -0.25) is 4.79 Å². The summed E-state index contributed by atoms with van der Waals surface area (Å²) in [5.41, 5.74) is 0.792. The molecule has 0 radical (unpaired) electrons. The molecule has 104 valence electrons. The third kappa shape index (κ3) is 3.16. The van der Waals surface area contributed by atoms with Crippen molar-refractivity contribution in [1.82, 2.24) is 4.31 Å². The standard InChI is InChI=1S/C13H16ClNO3S/c1-9-11(14)5-2-6-12(9)19(18)15-7-3-4-10(8-15)13(16)17/h2,5-6,10H,3-4,7-8H2,1H3,(H,16,17). The maximum absolute atomic E-state index is 12.5. The molecule has 0 saturated carbocycles. The number of carboxylic acids is 1. The summed E-state index contributed by atoms with van der Waals surface area (Å²) in [6.45, 7) is 2.81. The molecule has 19 heavy (non-hydrogen) atoms. The van der Waals surface area contributed by atoms with Crippen LogP contribution in [0.4, 0.5) is 0 Å². The van der Waals surface area contributed by atoms with E-state index in [1.807, 2.05) is 6.92 Å². The molecule has 1 aliphatic heterocycles. The van der Waals surface area contributed by atoms with Crippen LogP contribution >= 0.6 is 11.6 Å². The second kappa shape index (κ2) is 6.03. The molecule has 1 saturated heterocycles. The quantitative estimate of drug-likeness (QED) is 0.933. The number of hydrogen-bond acceptors (Lipinski definition) is 2. The van der Waals surface area contributed by atoms with Crippen molar-refractivity contribution in [1.29, 1.82) is 0 Å². The molecule has 2 atom stereocenters. The first-order chi connectivity index (χ1) is 9.00. The minimum atomic E-state index is -1.34. The van der Waals surface area contributed by atoms with Gasteiger partial charge in [0.25, 0.3) is 0 Å². The molecule has 1 N–H and O–H groups in total. The fourth-order valence-corrected chi connectivity index (χ4v) is 3.90. The summed E-state index contributed by atoms with van der Waals surface area (Å²) in [6, 6.07) is 5.30. The second-order valence-corrected chi connectivity index (χ2v) is 6.54. The fraction of sp³-hybridized carbons (Fsp3) is 0.462. The maximum Gasteiger partial charge on any atom is 0.307 e. The van der Waals surface area contributed by atoms with E-state index in [-0.39, 0.29) is 0 Å². The van der Waals surface area contributed by atoms with Gasteiger partial charge in [0.1, 0.15) is 11.0 Å². The molecule has 1 fully saturated rings. The Morgan fingerprint density at radius 2 is 2.26 bits per heavy atom. The molecule has 2 unspecified atom stereocenters. The minimum absolute atomic E-state index is 0.327. The first-order valence-corrected chi connectivity index (χ1v) is 7.64. The summed E-state index contributed by atoms with van der Waals surface area (Å²) < 4.78 is 14.2. The van der Waals surface area contributed by atoms with Gasteiger partial charge in [-0.15, -0.1) is 0 Å². The Hall–Kier alpha value is -0.910. The number of hydrogen-bond donors (Lipinski definition) is 1. The molecule has 0 aliphatic carbocycles. The minimum Gasteiger partial charge on any atom is -0.481 e. The van der Waals surface area contributed by atoms with Crippen LogP contribution < -0.4 is 0 Å². The Bertz CT molecular complexity index is 521. The number of rotatable bonds is 3. The smallest absolute Gasteiger partial charge is 0.307 e. The molecule has 6 heteroatoms. The number of aliphatic carboxylic acids is 1. The van der Waals surface area contributed by atoms with Crippen LogP contribution in [0.15, 0.2) is 23.1 Å². The van der Waals surface area contributed by atoms with Crippen molar-refractivity contribution < 1.29 is 14.1 Å². The summed E-state index contributed by atoms with van der Waals surface area (Å²) in [5, 5.41) is 9.64. The topological polar surface area (TPSA) is 57.6 Å². The van der Waals surface area contributed by atoms with Gasteiger partial charge in [-0.1, -0.05) is 17.7 Å². The molecule has 1 aliphatic rings. The number of carboxylic acid groups (broad SMARTS) is 1. The van der Waals surface area contributed by atoms with Gasteiger partial charge in [0.05, 0.1) is 10.8 Å². The highest BCUT2D eigenvalue weighted by atomic mass is 35.5. The summed E-state index contributed by atoms with van der Waals surface area (Å²) in [7, 11) is -1.34. The second-order valence-electron chi connectivity index (χ2n) is 4.68. The normalized spacial score (nSPS) is 22.1. The Morgan fingerprint density at radius 1 is 1.53 bits per heavy atom. The van der Waals surface area contributed by atoms with Crippen LogP contribution in [-0.4, -0.2) is 32.7 Å². The van der Waals surface area contributed by atoms with Gasteiger partial charge in [0, 0.05) is 18.1 Å². The highest BCUT2D eigenvalue weighted by molar-refractivity contribution is 7.82. The zero-order valence-corrected chi connectivity index (χ0v) is 12.2. The van der Waals surface area contributed by atoms with E-state index in [4.69, 9.17) is 16.7 Å². The number of nitrogens with zero attached hydrogens (tertiary/aromatic N) is 1. The average molecular weight is 302 g/mol. The lowest BCUT2D eigenvalue weighted by Crippen LogP contribution is -2.39. The predicted octanol–water partition coefficient (Wildman–Crippen LogP) is 2.47. The van der Waals surface area contributed by atoms with E-state index < -0.39 is 22.9 Å². The van der Waals surface area contributed by atoms with Crippen molar-refractivity contribution in [3.63, 3.8) is 0 Å². The molecule has 0 amide bonds. The largest absolute Gasteiger partial charge is 0.481 e. The van der Waals surface area contributed by atoms with E-state index >= 15 is 0 Å². The van der Waals surface area contributed by atoms with Gasteiger partial charge in [-0.25, -0.2) is 8.51 Å². The Balaban J connectivity index is 2.19. The van der Waals surface area contributed by atoms with E-state index in [1.165, 1.54) is 0 Å². The van der Waals surface area contributed by atoms with Gasteiger partial charge in [0.15, 0.2) is 0 Å². The first kappa shape index (κ1) is 14.5. The van der Waals surface area contributed by atoms with E-state index in [9.17, 15) is 9.00 Å².